The topological polar surface area (TPSA) is 32.3 Å². The lowest BCUT2D eigenvalue weighted by Crippen LogP contribution is -2.32. The zero-order chi connectivity index (χ0) is 9.84. The molecule has 70 valence electrons. The smallest absolute Gasteiger partial charge is 0.374 e. The summed E-state index contributed by atoms with van der Waals surface area (Å²) in [6, 6.07) is 6.29. The standard InChI is InChI=1S/C9H13BFNO/c1-7(12-10(2)13)8-4-3-5-9(11)6-8/h3-7,12-13H,1-2H3. The van der Waals surface area contributed by atoms with Crippen LogP contribution in [0.3, 0.4) is 0 Å². The molecule has 0 radical (unpaired) electrons. The summed E-state index contributed by atoms with van der Waals surface area (Å²) in [5, 5.41) is 11.9. The molecule has 2 N–H and O–H groups in total. The summed E-state index contributed by atoms with van der Waals surface area (Å²) in [4.78, 5) is 0. The fourth-order valence-electron chi connectivity index (χ4n) is 1.23. The first kappa shape index (κ1) is 10.2. The molecule has 2 nitrogen and oxygen atoms in total. The van der Waals surface area contributed by atoms with Crippen LogP contribution in [0.4, 0.5) is 4.39 Å². The van der Waals surface area contributed by atoms with Crippen molar-refractivity contribution in [3.8, 4) is 0 Å². The highest BCUT2D eigenvalue weighted by molar-refractivity contribution is 6.45. The van der Waals surface area contributed by atoms with Crippen LogP contribution < -0.4 is 5.23 Å². The third kappa shape index (κ3) is 3.16. The molecule has 1 atom stereocenters. The lowest BCUT2D eigenvalue weighted by atomic mass is 9.86. The van der Waals surface area contributed by atoms with E-state index in [0.29, 0.717) is 0 Å². The molecule has 0 aliphatic carbocycles. The molecule has 0 heterocycles. The predicted octanol–water partition coefficient (Wildman–Crippen LogP) is 1.59. The first-order valence-electron chi connectivity index (χ1n) is 4.29. The van der Waals surface area contributed by atoms with Gasteiger partial charge in [0.15, 0.2) is 0 Å². The lowest BCUT2D eigenvalue weighted by Gasteiger charge is -2.14. The molecule has 13 heavy (non-hydrogen) atoms. The Bertz CT molecular complexity index is 280. The molecule has 1 aromatic rings. The molecule has 0 aliphatic heterocycles. The van der Waals surface area contributed by atoms with Crippen molar-refractivity contribution >= 4 is 7.05 Å². The van der Waals surface area contributed by atoms with Crippen LogP contribution in [0, 0.1) is 5.82 Å². The summed E-state index contributed by atoms with van der Waals surface area (Å²) in [6.07, 6.45) is 0. The average molecular weight is 181 g/mol. The van der Waals surface area contributed by atoms with Crippen LogP contribution in [-0.2, 0) is 0 Å². The van der Waals surface area contributed by atoms with Crippen LogP contribution in [0.2, 0.25) is 6.82 Å². The molecule has 0 amide bonds. The number of hydrogen-bond acceptors (Lipinski definition) is 2. The Labute approximate surface area is 77.9 Å². The maximum atomic E-state index is 12.8. The van der Waals surface area contributed by atoms with Gasteiger partial charge in [-0.3, -0.25) is 0 Å². The Balaban J connectivity index is 2.71. The van der Waals surface area contributed by atoms with Gasteiger partial charge in [0.1, 0.15) is 5.82 Å². The van der Waals surface area contributed by atoms with Crippen LogP contribution in [0.1, 0.15) is 18.5 Å². The Morgan fingerprint density at radius 2 is 2.23 bits per heavy atom. The second-order valence-corrected chi connectivity index (χ2v) is 3.12. The predicted molar refractivity (Wildman–Crippen MR) is 51.8 cm³/mol. The molecule has 0 spiro atoms. The van der Waals surface area contributed by atoms with Crippen molar-refractivity contribution in [3.05, 3.63) is 35.6 Å². The Morgan fingerprint density at radius 3 is 2.77 bits per heavy atom. The minimum Gasteiger partial charge on any atom is -0.437 e. The van der Waals surface area contributed by atoms with Gasteiger partial charge in [-0.2, -0.15) is 0 Å². The Morgan fingerprint density at radius 1 is 1.54 bits per heavy atom. The fourth-order valence-corrected chi connectivity index (χ4v) is 1.23. The number of rotatable bonds is 3. The van der Waals surface area contributed by atoms with E-state index in [2.05, 4.69) is 5.23 Å². The van der Waals surface area contributed by atoms with Crippen molar-refractivity contribution in [2.75, 3.05) is 0 Å². The molecule has 0 fully saturated rings. The largest absolute Gasteiger partial charge is 0.437 e. The summed E-state index contributed by atoms with van der Waals surface area (Å²) in [7, 11) is -0.585. The van der Waals surface area contributed by atoms with Gasteiger partial charge >= 0.3 is 7.05 Å². The third-order valence-corrected chi connectivity index (χ3v) is 1.84. The van der Waals surface area contributed by atoms with Gasteiger partial charge in [0.2, 0.25) is 0 Å². The highest BCUT2D eigenvalue weighted by Crippen LogP contribution is 2.12. The number of halogens is 1. The first-order valence-corrected chi connectivity index (χ1v) is 4.29. The van der Waals surface area contributed by atoms with Gasteiger partial charge < -0.3 is 10.3 Å². The van der Waals surface area contributed by atoms with Crippen LogP contribution in [0.5, 0.6) is 0 Å². The average Bonchev–Trinajstić information content (AvgIpc) is 2.03. The fraction of sp³-hybridized carbons (Fsp3) is 0.333. The zero-order valence-corrected chi connectivity index (χ0v) is 7.79. The van der Waals surface area contributed by atoms with Crippen molar-refractivity contribution in [2.24, 2.45) is 0 Å². The van der Waals surface area contributed by atoms with Gasteiger partial charge in [-0.25, -0.2) is 4.39 Å². The van der Waals surface area contributed by atoms with Crippen molar-refractivity contribution in [2.45, 2.75) is 19.8 Å². The molecule has 0 bridgehead atoms. The van der Waals surface area contributed by atoms with Crippen LogP contribution in [0.15, 0.2) is 24.3 Å². The van der Waals surface area contributed by atoms with E-state index in [1.165, 1.54) is 12.1 Å². The zero-order valence-electron chi connectivity index (χ0n) is 7.79. The van der Waals surface area contributed by atoms with E-state index < -0.39 is 7.05 Å². The van der Waals surface area contributed by atoms with E-state index in [0.717, 1.165) is 5.56 Å². The highest BCUT2D eigenvalue weighted by Gasteiger charge is 2.10. The summed E-state index contributed by atoms with van der Waals surface area (Å²) >= 11 is 0. The molecule has 0 saturated heterocycles. The van der Waals surface area contributed by atoms with Gasteiger partial charge in [0.25, 0.3) is 0 Å². The Kier molecular flexibility index (Phi) is 3.45. The van der Waals surface area contributed by atoms with Crippen molar-refractivity contribution in [1.82, 2.24) is 5.23 Å². The molecule has 1 aromatic carbocycles. The second-order valence-electron chi connectivity index (χ2n) is 3.12. The van der Waals surface area contributed by atoms with Crippen molar-refractivity contribution < 1.29 is 9.41 Å². The van der Waals surface area contributed by atoms with Crippen molar-refractivity contribution in [3.63, 3.8) is 0 Å². The summed E-state index contributed by atoms with van der Waals surface area (Å²) < 4.78 is 12.8. The second kappa shape index (κ2) is 4.39. The maximum absolute atomic E-state index is 12.8. The molecule has 0 aliphatic rings. The van der Waals surface area contributed by atoms with Gasteiger partial charge in [0, 0.05) is 6.04 Å². The van der Waals surface area contributed by atoms with Gasteiger partial charge in [-0.05, 0) is 31.4 Å². The number of hydrogen-bond donors (Lipinski definition) is 2. The van der Waals surface area contributed by atoms with E-state index in [4.69, 9.17) is 5.02 Å². The number of benzene rings is 1. The normalized spacial score (nSPS) is 12.6. The molecular formula is C9H13BFNO. The molecule has 0 saturated carbocycles. The minimum atomic E-state index is -0.585. The molecule has 4 heteroatoms. The maximum Gasteiger partial charge on any atom is 0.374 e. The van der Waals surface area contributed by atoms with E-state index in [9.17, 15) is 4.39 Å². The monoisotopic (exact) mass is 181 g/mol. The number of nitrogens with one attached hydrogen (secondary N) is 1. The highest BCUT2D eigenvalue weighted by atomic mass is 19.1. The molecular weight excluding hydrogens is 168 g/mol. The van der Waals surface area contributed by atoms with Gasteiger partial charge in [-0.1, -0.05) is 12.1 Å². The lowest BCUT2D eigenvalue weighted by molar-refractivity contribution is 0.532. The van der Waals surface area contributed by atoms with Gasteiger partial charge in [0.05, 0.1) is 0 Å². The first-order chi connectivity index (χ1) is 6.09. The van der Waals surface area contributed by atoms with Gasteiger partial charge in [-0.15, -0.1) is 0 Å². The molecule has 0 aromatic heterocycles. The quantitative estimate of drug-likeness (QED) is 0.694. The Hall–Kier alpha value is -0.865. The van der Waals surface area contributed by atoms with Crippen LogP contribution in [0.25, 0.3) is 0 Å². The third-order valence-electron chi connectivity index (χ3n) is 1.84. The molecule has 1 rings (SSSR count). The van der Waals surface area contributed by atoms with Crippen LogP contribution >= 0.6 is 0 Å². The van der Waals surface area contributed by atoms with E-state index in [-0.39, 0.29) is 11.9 Å². The van der Waals surface area contributed by atoms with E-state index >= 15 is 0 Å². The van der Waals surface area contributed by atoms with E-state index in [1.807, 2.05) is 13.0 Å². The molecule has 1 unspecified atom stereocenters. The summed E-state index contributed by atoms with van der Waals surface area (Å²) in [5.74, 6) is -0.253. The summed E-state index contributed by atoms with van der Waals surface area (Å²) in [5.41, 5.74) is 0.834. The van der Waals surface area contributed by atoms with E-state index in [1.54, 1.807) is 12.9 Å². The van der Waals surface area contributed by atoms with Crippen LogP contribution in [-0.4, -0.2) is 12.1 Å². The van der Waals surface area contributed by atoms with Crippen molar-refractivity contribution in [1.29, 1.82) is 0 Å². The minimum absolute atomic E-state index is 0.0456. The summed E-state index contributed by atoms with van der Waals surface area (Å²) in [6.45, 7) is 3.51. The SMILES string of the molecule is CB(O)NC(C)c1cccc(F)c1.